The van der Waals surface area contributed by atoms with E-state index in [1.165, 1.54) is 0 Å². The number of aldehydes is 1. The molecule has 1 aromatic carbocycles. The highest BCUT2D eigenvalue weighted by Crippen LogP contribution is 2.22. The van der Waals surface area contributed by atoms with Crippen molar-refractivity contribution in [3.8, 4) is 11.5 Å². The van der Waals surface area contributed by atoms with E-state index >= 15 is 0 Å². The lowest BCUT2D eigenvalue weighted by molar-refractivity contribution is 0.0954. The summed E-state index contributed by atoms with van der Waals surface area (Å²) in [6, 6.07) is 6.93. The molecule has 0 aliphatic rings. The van der Waals surface area contributed by atoms with Gasteiger partial charge in [0.2, 0.25) is 0 Å². The zero-order valence-corrected chi connectivity index (χ0v) is 13.7. The summed E-state index contributed by atoms with van der Waals surface area (Å²) >= 11 is 0. The molecule has 0 saturated heterocycles. The molecular weight excluding hydrogens is 320 g/mol. The average Bonchev–Trinajstić information content (AvgIpc) is 3.16. The zero-order chi connectivity index (χ0) is 18.0. The third kappa shape index (κ3) is 3.42. The number of benzene rings is 1. The van der Waals surface area contributed by atoms with Crippen molar-refractivity contribution in [2.24, 2.45) is 12.8 Å². The van der Waals surface area contributed by atoms with Gasteiger partial charge in [0.25, 0.3) is 5.91 Å². The second kappa shape index (κ2) is 6.60. The Morgan fingerprint density at radius 1 is 1.44 bits per heavy atom. The fourth-order valence-electron chi connectivity index (χ4n) is 2.57. The Labute approximate surface area is 143 Å². The number of hydrogen-bond donors (Lipinski definition) is 4. The predicted octanol–water partition coefficient (Wildman–Crippen LogP) is 1.44. The molecule has 2 aromatic heterocycles. The molecule has 0 saturated carbocycles. The summed E-state index contributed by atoms with van der Waals surface area (Å²) in [5, 5.41) is 9.87. The highest BCUT2D eigenvalue weighted by molar-refractivity contribution is 5.98. The summed E-state index contributed by atoms with van der Waals surface area (Å²) < 4.78 is 1.82. The number of aryl methyl sites for hydroxylation is 1. The van der Waals surface area contributed by atoms with Crippen molar-refractivity contribution in [2.45, 2.75) is 6.42 Å². The Hall–Kier alpha value is -3.42. The second-order valence-corrected chi connectivity index (χ2v) is 5.74. The number of amidine groups is 1. The van der Waals surface area contributed by atoms with Crippen LogP contribution in [0.3, 0.4) is 0 Å². The number of nitrogens with two attached hydrogens (primary N) is 1. The van der Waals surface area contributed by atoms with Crippen molar-refractivity contribution in [3.63, 3.8) is 0 Å². The fraction of sp³-hybridized carbons (Fsp3) is 0.176. The number of fused-ring (bicyclic) bond motifs is 1. The van der Waals surface area contributed by atoms with Gasteiger partial charge in [-0.1, -0.05) is 0 Å². The number of carbonyl (C=O) groups is 2. The molecule has 2 heterocycles. The topological polar surface area (TPSA) is 130 Å². The number of carbonyl (C=O) groups excluding carboxylic acids is 2. The molecule has 3 rings (SSSR count). The molecule has 0 bridgehead atoms. The number of imidazole rings is 1. The van der Waals surface area contributed by atoms with E-state index in [2.05, 4.69) is 15.3 Å². The first-order chi connectivity index (χ1) is 12.0. The van der Waals surface area contributed by atoms with Crippen molar-refractivity contribution in [1.29, 1.82) is 5.41 Å². The molecular formula is C17H18N6O2. The van der Waals surface area contributed by atoms with Crippen LogP contribution >= 0.6 is 0 Å². The normalized spacial score (nSPS) is 10.8. The number of nitrogens with zero attached hydrogens (tertiary/aromatic N) is 2. The third-order valence-electron chi connectivity index (χ3n) is 3.83. The number of amides is 1. The first-order valence-corrected chi connectivity index (χ1v) is 7.70. The molecule has 0 fully saturated rings. The van der Waals surface area contributed by atoms with Crippen LogP contribution in [0.1, 0.15) is 27.1 Å². The zero-order valence-electron chi connectivity index (χ0n) is 13.7. The molecule has 8 nitrogen and oxygen atoms in total. The van der Waals surface area contributed by atoms with Crippen molar-refractivity contribution in [3.05, 3.63) is 41.6 Å². The van der Waals surface area contributed by atoms with E-state index < -0.39 is 0 Å². The van der Waals surface area contributed by atoms with Gasteiger partial charge in [0.1, 0.15) is 0 Å². The third-order valence-corrected chi connectivity index (χ3v) is 3.83. The summed E-state index contributed by atoms with van der Waals surface area (Å²) in [4.78, 5) is 30.7. The highest BCUT2D eigenvalue weighted by atomic mass is 16.1. The van der Waals surface area contributed by atoms with Gasteiger partial charge in [-0.3, -0.25) is 15.0 Å². The number of rotatable bonds is 6. The lowest BCUT2D eigenvalue weighted by Crippen LogP contribution is -2.27. The minimum absolute atomic E-state index is 0.0335. The standard InChI is InChI=1S/C17H18N6O2/c1-23-8-10(9-24)6-14(23)16-21-12-3-2-11(7-13(12)22-16)17(25)20-5-4-15(18)19/h2-3,6-9H,4-5H2,1H3,(H3,18,19)(H,20,25)(H,21,22). The maximum absolute atomic E-state index is 12.1. The minimum Gasteiger partial charge on any atom is -0.388 e. The molecule has 128 valence electrons. The van der Waals surface area contributed by atoms with E-state index in [1.54, 1.807) is 30.5 Å². The molecule has 0 unspecified atom stereocenters. The lowest BCUT2D eigenvalue weighted by atomic mass is 10.2. The van der Waals surface area contributed by atoms with E-state index in [4.69, 9.17) is 11.1 Å². The largest absolute Gasteiger partial charge is 0.388 e. The maximum Gasteiger partial charge on any atom is 0.251 e. The van der Waals surface area contributed by atoms with Gasteiger partial charge in [-0.15, -0.1) is 0 Å². The van der Waals surface area contributed by atoms with Crippen molar-refractivity contribution in [1.82, 2.24) is 19.9 Å². The van der Waals surface area contributed by atoms with Crippen LogP contribution in [0.4, 0.5) is 0 Å². The van der Waals surface area contributed by atoms with E-state index in [9.17, 15) is 9.59 Å². The molecule has 3 aromatic rings. The number of aromatic nitrogens is 3. The molecule has 0 aliphatic heterocycles. The van der Waals surface area contributed by atoms with Gasteiger partial charge in [-0.25, -0.2) is 4.98 Å². The smallest absolute Gasteiger partial charge is 0.251 e. The Kier molecular flexibility index (Phi) is 4.34. The van der Waals surface area contributed by atoms with Crippen LogP contribution in [0.5, 0.6) is 0 Å². The number of nitrogens with one attached hydrogen (secondary N) is 3. The van der Waals surface area contributed by atoms with Crippen molar-refractivity contribution >= 4 is 29.1 Å². The first-order valence-electron chi connectivity index (χ1n) is 7.70. The summed E-state index contributed by atoms with van der Waals surface area (Å²) in [6.07, 6.45) is 2.83. The van der Waals surface area contributed by atoms with E-state index in [0.717, 1.165) is 23.0 Å². The molecule has 8 heteroatoms. The number of hydrogen-bond acceptors (Lipinski definition) is 4. The molecule has 0 atom stereocenters. The summed E-state index contributed by atoms with van der Waals surface area (Å²) in [5.41, 5.74) is 8.57. The summed E-state index contributed by atoms with van der Waals surface area (Å²) in [6.45, 7) is 0.318. The number of H-pyrrole nitrogens is 1. The SMILES string of the molecule is Cn1cc(C=O)cc1-c1nc2ccc(C(=O)NCCC(=N)N)cc2[nH]1. The van der Waals surface area contributed by atoms with Crippen LogP contribution < -0.4 is 11.1 Å². The van der Waals surface area contributed by atoms with Crippen LogP contribution in [-0.2, 0) is 7.05 Å². The second-order valence-electron chi connectivity index (χ2n) is 5.74. The minimum atomic E-state index is -0.235. The monoisotopic (exact) mass is 338 g/mol. The molecule has 25 heavy (non-hydrogen) atoms. The summed E-state index contributed by atoms with van der Waals surface area (Å²) in [5.74, 6) is 0.423. The van der Waals surface area contributed by atoms with Crippen LogP contribution in [0, 0.1) is 5.41 Å². The van der Waals surface area contributed by atoms with Crippen molar-refractivity contribution in [2.75, 3.05) is 6.54 Å². The highest BCUT2D eigenvalue weighted by Gasteiger charge is 2.12. The Morgan fingerprint density at radius 2 is 2.24 bits per heavy atom. The van der Waals surface area contributed by atoms with Crippen molar-refractivity contribution < 1.29 is 9.59 Å². The Bertz CT molecular complexity index is 969. The van der Waals surface area contributed by atoms with Gasteiger partial charge in [0, 0.05) is 37.3 Å². The molecule has 0 spiro atoms. The van der Waals surface area contributed by atoms with Gasteiger partial charge < -0.3 is 20.6 Å². The quantitative estimate of drug-likeness (QED) is 0.308. The predicted molar refractivity (Wildman–Crippen MR) is 94.8 cm³/mol. The van der Waals surface area contributed by atoms with Gasteiger partial charge in [-0.2, -0.15) is 0 Å². The van der Waals surface area contributed by atoms with Crippen LogP contribution in [-0.4, -0.2) is 39.1 Å². The van der Waals surface area contributed by atoms with E-state index in [0.29, 0.717) is 29.9 Å². The molecule has 0 aliphatic carbocycles. The first kappa shape index (κ1) is 16.4. The van der Waals surface area contributed by atoms with Crippen LogP contribution in [0.15, 0.2) is 30.5 Å². The number of aromatic amines is 1. The van der Waals surface area contributed by atoms with Gasteiger partial charge >= 0.3 is 0 Å². The van der Waals surface area contributed by atoms with E-state index in [-0.39, 0.29) is 11.7 Å². The van der Waals surface area contributed by atoms with Gasteiger partial charge in [0.15, 0.2) is 12.1 Å². The molecule has 0 radical (unpaired) electrons. The average molecular weight is 338 g/mol. The Morgan fingerprint density at radius 3 is 2.92 bits per heavy atom. The van der Waals surface area contributed by atoms with E-state index in [1.807, 2.05) is 11.6 Å². The molecule has 5 N–H and O–H groups in total. The van der Waals surface area contributed by atoms with Gasteiger partial charge in [0.05, 0.1) is 22.6 Å². The fourth-order valence-corrected chi connectivity index (χ4v) is 2.57. The maximum atomic E-state index is 12.1. The lowest BCUT2D eigenvalue weighted by Gasteiger charge is -2.04. The Balaban J connectivity index is 1.86. The summed E-state index contributed by atoms with van der Waals surface area (Å²) in [7, 11) is 1.84. The van der Waals surface area contributed by atoms with Crippen LogP contribution in [0.25, 0.3) is 22.6 Å². The van der Waals surface area contributed by atoms with Gasteiger partial charge in [-0.05, 0) is 24.3 Å². The molecule has 1 amide bonds. The van der Waals surface area contributed by atoms with Crippen LogP contribution in [0.2, 0.25) is 0 Å².